The fraction of sp³-hybridized carbons (Fsp3) is 0.511. The van der Waals surface area contributed by atoms with Crippen LogP contribution in [0.4, 0.5) is 35.1 Å². The molecule has 578 valence electrons. The van der Waals surface area contributed by atoms with E-state index < -0.39 is 46.5 Å². The zero-order chi connectivity index (χ0) is 75.7. The van der Waals surface area contributed by atoms with Gasteiger partial charge in [0.25, 0.3) is 0 Å². The Kier molecular flexibility index (Phi) is 29.2. The Balaban J connectivity index is 0.000000144. The zero-order valence-electron chi connectivity index (χ0n) is 63.8. The Bertz CT molecular complexity index is 4300. The Morgan fingerprint density at radius 1 is 0.318 bits per heavy atom. The van der Waals surface area contributed by atoms with Gasteiger partial charge in [-0.05, 0) is 247 Å². The van der Waals surface area contributed by atoms with Crippen molar-refractivity contribution in [3.05, 3.63) is 183 Å². The van der Waals surface area contributed by atoms with Crippen LogP contribution >= 0.6 is 0 Å². The largest absolute Gasteiger partial charge is 0.491 e. The fourth-order valence-electron chi connectivity index (χ4n) is 17.2. The summed E-state index contributed by atoms with van der Waals surface area (Å²) in [5.41, 5.74) is 5.15. The van der Waals surface area contributed by atoms with Gasteiger partial charge in [0, 0.05) is 53.5 Å². The molecule has 14 rings (SSSR count). The van der Waals surface area contributed by atoms with Crippen molar-refractivity contribution in [1.29, 1.82) is 0 Å². The Hall–Kier alpha value is -7.44. The highest BCUT2D eigenvalue weighted by Crippen LogP contribution is 2.49. The average Bonchev–Trinajstić information content (AvgIpc) is 1.71. The molecule has 0 bridgehead atoms. The molecule has 17 heteroatoms. The van der Waals surface area contributed by atoms with E-state index >= 15 is 0 Å². The number of aryl methyl sites for hydroxylation is 1. The number of furan rings is 4. The number of hydrogen-bond donors (Lipinski definition) is 0. The highest BCUT2D eigenvalue weighted by atomic mass is 19.2. The van der Waals surface area contributed by atoms with E-state index in [-0.39, 0.29) is 78.5 Å². The van der Waals surface area contributed by atoms with Gasteiger partial charge < -0.3 is 41.4 Å². The topological polar surface area (TPSA) is 98.7 Å². The lowest BCUT2D eigenvalue weighted by Crippen LogP contribution is -2.25. The standard InChI is InChI=1S/2C26H36F2O2.C25H22F2O2.C13H14F2O3/c2*1-3-5-17-6-8-18(9-7-17)19-10-12-20(13-11-19)23-15-21-14-22(16-29-4-2)30-26(21)25(28)24(23)27;1-3-16-5-7-17(8-6-16)18-9-11-19(12-10-18)22-14-20-13-21(15-28-4-2)29-25(20)24(27)23(22)26;1-3-16-7-9-5-8-6-10(17-4-2)11(14)12(15)13(8)18-9/h2*14-15,17-20H,3-13,16H2,1-2H3;5-14H,3-4,15H2,1-2H3;5-6H,3-4,7H2,1-2H3. The van der Waals surface area contributed by atoms with Crippen molar-refractivity contribution in [1.82, 2.24) is 0 Å². The van der Waals surface area contributed by atoms with Crippen molar-refractivity contribution in [2.24, 2.45) is 35.5 Å². The van der Waals surface area contributed by atoms with Crippen LogP contribution in [0.2, 0.25) is 0 Å². The summed E-state index contributed by atoms with van der Waals surface area (Å²) in [7, 11) is 0. The molecule has 0 unspecified atom stereocenters. The van der Waals surface area contributed by atoms with E-state index in [0.29, 0.717) is 87.7 Å². The van der Waals surface area contributed by atoms with Gasteiger partial charge in [-0.15, -0.1) is 0 Å². The van der Waals surface area contributed by atoms with E-state index in [1.54, 1.807) is 37.3 Å². The Morgan fingerprint density at radius 3 is 0.981 bits per heavy atom. The van der Waals surface area contributed by atoms with Crippen LogP contribution in [0, 0.1) is 82.0 Å². The summed E-state index contributed by atoms with van der Waals surface area (Å²) in [6, 6.07) is 29.4. The summed E-state index contributed by atoms with van der Waals surface area (Å²) in [5.74, 6) is 0.189. The predicted molar refractivity (Wildman–Crippen MR) is 407 cm³/mol. The number of halogens is 8. The van der Waals surface area contributed by atoms with Gasteiger partial charge in [0.05, 0.1) is 6.61 Å². The average molecular weight is 1490 g/mol. The first kappa shape index (κ1) is 80.6. The molecule has 4 aliphatic rings. The minimum atomic E-state index is -1.03. The van der Waals surface area contributed by atoms with Gasteiger partial charge in [0.1, 0.15) is 49.5 Å². The van der Waals surface area contributed by atoms with Crippen LogP contribution in [-0.4, -0.2) is 33.0 Å². The molecule has 0 radical (unpaired) electrons. The molecule has 9 nitrogen and oxygen atoms in total. The minimum absolute atomic E-state index is 0.0171. The molecular weight excluding hydrogens is 1380 g/mol. The molecule has 0 N–H and O–H groups in total. The van der Waals surface area contributed by atoms with Crippen LogP contribution in [0.5, 0.6) is 5.75 Å². The molecule has 0 atom stereocenters. The van der Waals surface area contributed by atoms with E-state index in [2.05, 4.69) is 45.0 Å². The molecule has 4 fully saturated rings. The third-order valence-corrected chi connectivity index (χ3v) is 22.9. The first-order valence-electron chi connectivity index (χ1n) is 39.7. The summed E-state index contributed by atoms with van der Waals surface area (Å²) in [6.07, 6.45) is 25.8. The number of hydrogen-bond acceptors (Lipinski definition) is 9. The molecule has 10 aromatic rings. The fourth-order valence-corrected chi connectivity index (χ4v) is 17.2. The molecule has 4 aromatic heterocycles. The summed E-state index contributed by atoms with van der Waals surface area (Å²) in [6.45, 7) is 19.4. The highest BCUT2D eigenvalue weighted by Gasteiger charge is 2.36. The third kappa shape index (κ3) is 19.8. The summed E-state index contributed by atoms with van der Waals surface area (Å²) in [4.78, 5) is 0. The van der Waals surface area contributed by atoms with Gasteiger partial charge in [-0.3, -0.25) is 0 Å². The second-order valence-corrected chi connectivity index (χ2v) is 29.7. The van der Waals surface area contributed by atoms with Gasteiger partial charge in [0.15, 0.2) is 45.5 Å². The number of benzene rings is 6. The lowest BCUT2D eigenvalue weighted by atomic mass is 9.68. The lowest BCUT2D eigenvalue weighted by molar-refractivity contribution is 0.119. The first-order valence-corrected chi connectivity index (χ1v) is 39.7. The molecular formula is C90H108F8O9. The molecule has 4 heterocycles. The third-order valence-electron chi connectivity index (χ3n) is 22.9. The SMILES string of the molecule is CCCC1CCC(C2CCC(c3cc4cc(COCC)oc4c(F)c3F)CC2)CC1.CCCC1CCC(C2CCC(c3cc4cc(COCC)oc4c(F)c3F)CC2)CC1.CCOCc1cc2cc(-c3ccc(-c4ccc(CC)cc4)cc3)c(F)c(F)c2o1.CCOCc1cc2cc(OCC)c(F)c(F)c2o1. The second kappa shape index (κ2) is 38.8. The molecule has 107 heavy (non-hydrogen) atoms. The normalized spacial score (nSPS) is 20.4. The van der Waals surface area contributed by atoms with E-state index in [4.69, 9.17) is 41.4 Å². The molecule has 4 aliphatic carbocycles. The predicted octanol–water partition coefficient (Wildman–Crippen LogP) is 27.0. The van der Waals surface area contributed by atoms with E-state index in [9.17, 15) is 35.1 Å². The van der Waals surface area contributed by atoms with Gasteiger partial charge in [0.2, 0.25) is 29.1 Å². The van der Waals surface area contributed by atoms with E-state index in [0.717, 1.165) is 104 Å². The maximum absolute atomic E-state index is 14.9. The number of ether oxygens (including phenoxy) is 5. The number of fused-ring (bicyclic) bond motifs is 4. The van der Waals surface area contributed by atoms with Crippen molar-refractivity contribution in [3.8, 4) is 28.0 Å². The van der Waals surface area contributed by atoms with E-state index in [1.165, 1.54) is 88.7 Å². The molecule has 0 saturated heterocycles. The van der Waals surface area contributed by atoms with Crippen LogP contribution < -0.4 is 4.74 Å². The molecule has 6 aromatic carbocycles. The van der Waals surface area contributed by atoms with Crippen LogP contribution in [-0.2, 0) is 51.8 Å². The quantitative estimate of drug-likeness (QED) is 0.0518. The van der Waals surface area contributed by atoms with Gasteiger partial charge in [-0.2, -0.15) is 22.0 Å². The minimum Gasteiger partial charge on any atom is -0.491 e. The monoisotopic (exact) mass is 1480 g/mol. The molecule has 0 amide bonds. The van der Waals surface area contributed by atoms with Crippen LogP contribution in [0.3, 0.4) is 0 Å². The van der Waals surface area contributed by atoms with Crippen molar-refractivity contribution < 1.29 is 76.5 Å². The number of rotatable bonds is 25. The molecule has 0 aliphatic heterocycles. The maximum atomic E-state index is 14.9. The molecule has 4 saturated carbocycles. The van der Waals surface area contributed by atoms with Gasteiger partial charge in [-0.1, -0.05) is 121 Å². The lowest BCUT2D eigenvalue weighted by Gasteiger charge is -2.38. The van der Waals surface area contributed by atoms with Crippen molar-refractivity contribution in [3.63, 3.8) is 0 Å². The highest BCUT2D eigenvalue weighted by molar-refractivity contribution is 5.86. The summed E-state index contributed by atoms with van der Waals surface area (Å²) >= 11 is 0. The Morgan fingerprint density at radius 2 is 0.636 bits per heavy atom. The van der Waals surface area contributed by atoms with Crippen LogP contribution in [0.1, 0.15) is 235 Å². The summed E-state index contributed by atoms with van der Waals surface area (Å²) in [5, 5.41) is 2.28. The van der Waals surface area contributed by atoms with Gasteiger partial charge >= 0.3 is 0 Å². The zero-order valence-corrected chi connectivity index (χ0v) is 63.8. The molecule has 0 spiro atoms. The van der Waals surface area contributed by atoms with Crippen molar-refractivity contribution in [2.45, 2.75) is 228 Å². The first-order chi connectivity index (χ1) is 52.0. The Labute approximate surface area is 625 Å². The van der Waals surface area contributed by atoms with Gasteiger partial charge in [-0.25, -0.2) is 13.2 Å². The maximum Gasteiger partial charge on any atom is 0.205 e. The summed E-state index contributed by atoms with van der Waals surface area (Å²) < 4.78 is 164. The van der Waals surface area contributed by atoms with Crippen LogP contribution in [0.25, 0.3) is 66.1 Å². The smallest absolute Gasteiger partial charge is 0.205 e. The second-order valence-electron chi connectivity index (χ2n) is 29.7. The van der Waals surface area contributed by atoms with E-state index in [1.807, 2.05) is 64.1 Å². The van der Waals surface area contributed by atoms with Crippen molar-refractivity contribution in [2.75, 3.05) is 33.0 Å². The van der Waals surface area contributed by atoms with Crippen LogP contribution in [0.15, 0.2) is 115 Å². The van der Waals surface area contributed by atoms with Crippen molar-refractivity contribution >= 4 is 43.9 Å².